The van der Waals surface area contributed by atoms with Gasteiger partial charge in [0.2, 0.25) is 0 Å². The zero-order valence-corrected chi connectivity index (χ0v) is 10.9. The normalized spacial score (nSPS) is 11.1. The van der Waals surface area contributed by atoms with Gasteiger partial charge in [0, 0.05) is 10.6 Å². The molecule has 2 aromatic rings. The van der Waals surface area contributed by atoms with Gasteiger partial charge in [-0.3, -0.25) is 0 Å². The molecule has 0 aliphatic carbocycles. The van der Waals surface area contributed by atoms with Crippen LogP contribution in [0.1, 0.15) is 11.1 Å². The summed E-state index contributed by atoms with van der Waals surface area (Å²) in [7, 11) is 0. The number of halogens is 2. The smallest absolute Gasteiger partial charge is 0.0998 e. The fourth-order valence-corrected chi connectivity index (χ4v) is 2.10. The number of hydrogen-bond donors (Lipinski definition) is 0. The van der Waals surface area contributed by atoms with Gasteiger partial charge in [0.25, 0.3) is 0 Å². The number of benzene rings is 2. The molecule has 0 heterocycles. The Balaban J connectivity index is 2.47. The highest BCUT2D eigenvalue weighted by atomic mass is 35.5. The third-order valence-corrected chi connectivity index (χ3v) is 3.00. The maximum Gasteiger partial charge on any atom is 0.0998 e. The molecule has 0 unspecified atom stereocenters. The van der Waals surface area contributed by atoms with Crippen molar-refractivity contribution in [3.8, 4) is 6.07 Å². The lowest BCUT2D eigenvalue weighted by Gasteiger charge is -2.03. The maximum atomic E-state index is 9.22. The van der Waals surface area contributed by atoms with Gasteiger partial charge in [-0.15, -0.1) is 0 Å². The van der Waals surface area contributed by atoms with Gasteiger partial charge in [-0.1, -0.05) is 59.6 Å². The van der Waals surface area contributed by atoms with Gasteiger partial charge in [0.15, 0.2) is 0 Å². The van der Waals surface area contributed by atoms with Gasteiger partial charge in [-0.2, -0.15) is 5.26 Å². The Bertz CT molecular complexity index is 625. The fraction of sp³-hybridized carbons (Fsp3) is 0. The molecular formula is C15H9Cl2N. The van der Waals surface area contributed by atoms with E-state index in [2.05, 4.69) is 6.07 Å². The van der Waals surface area contributed by atoms with E-state index in [1.807, 2.05) is 30.3 Å². The van der Waals surface area contributed by atoms with Crippen LogP contribution in [0.15, 0.2) is 48.5 Å². The molecule has 0 saturated carbocycles. The molecule has 1 nitrogen and oxygen atoms in total. The molecule has 0 radical (unpaired) electrons. The lowest BCUT2D eigenvalue weighted by atomic mass is 10.0. The first-order chi connectivity index (χ1) is 8.70. The molecule has 88 valence electrons. The van der Waals surface area contributed by atoms with Crippen molar-refractivity contribution in [3.63, 3.8) is 0 Å². The Morgan fingerprint density at radius 2 is 1.78 bits per heavy atom. The summed E-state index contributed by atoms with van der Waals surface area (Å²) >= 11 is 11.9. The topological polar surface area (TPSA) is 23.8 Å². The average molecular weight is 274 g/mol. The number of nitrogens with zero attached hydrogens (tertiary/aromatic N) is 1. The molecule has 0 aliphatic rings. The summed E-state index contributed by atoms with van der Waals surface area (Å²) in [6, 6.07) is 16.9. The molecule has 18 heavy (non-hydrogen) atoms. The first-order valence-electron chi connectivity index (χ1n) is 5.33. The molecule has 0 aromatic heterocycles. The minimum absolute atomic E-state index is 0.478. The third-order valence-electron chi connectivity index (χ3n) is 2.45. The Labute approximate surface area is 116 Å². The fourth-order valence-electron chi connectivity index (χ4n) is 1.59. The van der Waals surface area contributed by atoms with Crippen molar-refractivity contribution in [2.45, 2.75) is 0 Å². The van der Waals surface area contributed by atoms with Crippen LogP contribution in [0.5, 0.6) is 0 Å². The SMILES string of the molecule is N#CC(=Cc1ccccc1)c1ccc(Cl)cc1Cl. The van der Waals surface area contributed by atoms with Crippen LogP contribution in [0.25, 0.3) is 11.6 Å². The highest BCUT2D eigenvalue weighted by Crippen LogP contribution is 2.28. The van der Waals surface area contributed by atoms with Crippen LogP contribution in [-0.2, 0) is 0 Å². The highest BCUT2D eigenvalue weighted by molar-refractivity contribution is 6.36. The van der Waals surface area contributed by atoms with Crippen molar-refractivity contribution < 1.29 is 0 Å². The Morgan fingerprint density at radius 3 is 2.39 bits per heavy atom. The Morgan fingerprint density at radius 1 is 1.06 bits per heavy atom. The summed E-state index contributed by atoms with van der Waals surface area (Å²) in [5.41, 5.74) is 2.16. The van der Waals surface area contributed by atoms with E-state index >= 15 is 0 Å². The molecule has 0 bridgehead atoms. The predicted octanol–water partition coefficient (Wildman–Crippen LogP) is 5.06. The van der Waals surface area contributed by atoms with E-state index in [1.165, 1.54) is 0 Å². The van der Waals surface area contributed by atoms with Gasteiger partial charge in [0.05, 0.1) is 16.7 Å². The molecule has 2 aromatic carbocycles. The summed E-state index contributed by atoms with van der Waals surface area (Å²) in [6.07, 6.45) is 1.80. The van der Waals surface area contributed by atoms with Crippen molar-refractivity contribution in [1.29, 1.82) is 5.26 Å². The quantitative estimate of drug-likeness (QED) is 0.554. The van der Waals surface area contributed by atoms with Gasteiger partial charge >= 0.3 is 0 Å². The molecular weight excluding hydrogens is 265 g/mol. The first-order valence-corrected chi connectivity index (χ1v) is 6.08. The zero-order chi connectivity index (χ0) is 13.0. The van der Waals surface area contributed by atoms with Crippen LogP contribution >= 0.6 is 23.2 Å². The van der Waals surface area contributed by atoms with Gasteiger partial charge in [0.1, 0.15) is 0 Å². The second kappa shape index (κ2) is 5.73. The van der Waals surface area contributed by atoms with Crippen molar-refractivity contribution >= 4 is 34.9 Å². The van der Waals surface area contributed by atoms with Crippen LogP contribution in [0.4, 0.5) is 0 Å². The van der Waals surface area contributed by atoms with Crippen LogP contribution in [0, 0.1) is 11.3 Å². The first kappa shape index (κ1) is 12.7. The number of rotatable bonds is 2. The zero-order valence-electron chi connectivity index (χ0n) is 9.40. The molecule has 0 N–H and O–H groups in total. The van der Waals surface area contributed by atoms with Crippen LogP contribution < -0.4 is 0 Å². The van der Waals surface area contributed by atoms with Crippen molar-refractivity contribution in [2.75, 3.05) is 0 Å². The van der Waals surface area contributed by atoms with E-state index in [0.29, 0.717) is 21.2 Å². The number of hydrogen-bond acceptors (Lipinski definition) is 1. The molecule has 2 rings (SSSR count). The summed E-state index contributed by atoms with van der Waals surface area (Å²) in [4.78, 5) is 0. The van der Waals surface area contributed by atoms with Gasteiger partial charge in [-0.05, 0) is 23.8 Å². The second-order valence-electron chi connectivity index (χ2n) is 3.70. The van der Waals surface area contributed by atoms with E-state index < -0.39 is 0 Å². The Hall–Kier alpha value is -1.75. The average Bonchev–Trinajstić information content (AvgIpc) is 2.38. The minimum atomic E-state index is 0.478. The monoisotopic (exact) mass is 273 g/mol. The van der Waals surface area contributed by atoms with Crippen molar-refractivity contribution in [1.82, 2.24) is 0 Å². The molecule has 0 fully saturated rings. The van der Waals surface area contributed by atoms with E-state index in [4.69, 9.17) is 23.2 Å². The number of allylic oxidation sites excluding steroid dienone is 1. The number of nitriles is 1. The minimum Gasteiger partial charge on any atom is -0.192 e. The standard InChI is InChI=1S/C15H9Cl2N/c16-13-6-7-14(15(17)9-13)12(10-18)8-11-4-2-1-3-5-11/h1-9H. The second-order valence-corrected chi connectivity index (χ2v) is 4.55. The summed E-state index contributed by atoms with van der Waals surface area (Å²) in [5.74, 6) is 0. The van der Waals surface area contributed by atoms with Crippen molar-refractivity contribution in [2.24, 2.45) is 0 Å². The van der Waals surface area contributed by atoms with Crippen LogP contribution in [0.3, 0.4) is 0 Å². The van der Waals surface area contributed by atoms with Gasteiger partial charge in [-0.25, -0.2) is 0 Å². The van der Waals surface area contributed by atoms with E-state index in [1.54, 1.807) is 24.3 Å². The highest BCUT2D eigenvalue weighted by Gasteiger charge is 2.06. The third kappa shape index (κ3) is 2.92. The summed E-state index contributed by atoms with van der Waals surface area (Å²) in [6.45, 7) is 0. The molecule has 0 spiro atoms. The molecule has 0 saturated heterocycles. The van der Waals surface area contributed by atoms with E-state index in [-0.39, 0.29) is 0 Å². The molecule has 3 heteroatoms. The molecule has 0 amide bonds. The van der Waals surface area contributed by atoms with E-state index in [9.17, 15) is 5.26 Å². The Kier molecular flexibility index (Phi) is 4.04. The molecule has 0 atom stereocenters. The predicted molar refractivity (Wildman–Crippen MR) is 76.4 cm³/mol. The lowest BCUT2D eigenvalue weighted by Crippen LogP contribution is -1.84. The summed E-state index contributed by atoms with van der Waals surface area (Å²) in [5, 5.41) is 10.3. The molecule has 0 aliphatic heterocycles. The lowest BCUT2D eigenvalue weighted by molar-refractivity contribution is 1.52. The largest absolute Gasteiger partial charge is 0.192 e. The van der Waals surface area contributed by atoms with Crippen LogP contribution in [-0.4, -0.2) is 0 Å². The van der Waals surface area contributed by atoms with Crippen molar-refractivity contribution in [3.05, 3.63) is 69.7 Å². The maximum absolute atomic E-state index is 9.22. The van der Waals surface area contributed by atoms with Crippen LogP contribution in [0.2, 0.25) is 10.0 Å². The summed E-state index contributed by atoms with van der Waals surface area (Å²) < 4.78 is 0. The van der Waals surface area contributed by atoms with E-state index in [0.717, 1.165) is 5.56 Å². The van der Waals surface area contributed by atoms with Gasteiger partial charge < -0.3 is 0 Å².